The van der Waals surface area contributed by atoms with Crippen molar-refractivity contribution < 1.29 is 9.90 Å². The molecule has 0 bridgehead atoms. The number of allylic oxidation sites excluding steroid dienone is 1. The average Bonchev–Trinajstić information content (AvgIpc) is 2.13. The molecule has 0 saturated carbocycles. The molecule has 0 saturated heterocycles. The maximum atomic E-state index is 10.7. The number of carbonyl (C=O) groups is 1. The minimum Gasteiger partial charge on any atom is -0.481 e. The molecule has 0 amide bonds. The van der Waals surface area contributed by atoms with Gasteiger partial charge in [-0.25, -0.2) is 4.98 Å². The average molecular weight is 315 g/mol. The summed E-state index contributed by atoms with van der Waals surface area (Å²) in [5.41, 5.74) is 0.594. The van der Waals surface area contributed by atoms with Gasteiger partial charge in [0.15, 0.2) is 0 Å². The van der Waals surface area contributed by atoms with Gasteiger partial charge < -0.3 is 5.11 Å². The van der Waals surface area contributed by atoms with Gasteiger partial charge in [0.2, 0.25) is 0 Å². The molecule has 1 heterocycles. The van der Waals surface area contributed by atoms with Gasteiger partial charge in [0.05, 0.1) is 6.42 Å². The highest BCUT2D eigenvalue weighted by atomic mass is 35.5. The Morgan fingerprint density at radius 1 is 1.35 bits per heavy atom. The summed E-state index contributed by atoms with van der Waals surface area (Å²) in [6.45, 7) is 0. The lowest BCUT2D eigenvalue weighted by molar-refractivity contribution is -0.137. The Morgan fingerprint density at radius 3 is 2.29 bits per heavy atom. The van der Waals surface area contributed by atoms with E-state index in [-0.39, 0.29) is 21.2 Å². The van der Waals surface area contributed by atoms with Crippen LogP contribution in [0.2, 0.25) is 10.3 Å². The van der Waals surface area contributed by atoms with Crippen LogP contribution in [0.15, 0.2) is 22.7 Å². The molecule has 0 radical (unpaired) electrons. The molecule has 7 heteroatoms. The fourth-order valence-electron chi connectivity index (χ4n) is 1.31. The van der Waals surface area contributed by atoms with Crippen molar-refractivity contribution in [2.24, 2.45) is 0 Å². The molecule has 0 aliphatic rings. The Kier molecular flexibility index (Phi) is 5.53. The fraction of sp³-hybridized carbons (Fsp3) is 0.200. The van der Waals surface area contributed by atoms with Crippen LogP contribution in [-0.2, 0) is 4.79 Å². The number of aliphatic carboxylic acids is 1. The second-order valence-corrected chi connectivity index (χ2v) is 4.99. The van der Waals surface area contributed by atoms with Crippen molar-refractivity contribution in [3.63, 3.8) is 0 Å². The van der Waals surface area contributed by atoms with E-state index < -0.39 is 11.9 Å². The monoisotopic (exact) mass is 313 g/mol. The summed E-state index contributed by atoms with van der Waals surface area (Å²) in [4.78, 5) is 14.5. The van der Waals surface area contributed by atoms with Crippen LogP contribution in [0.1, 0.15) is 17.9 Å². The van der Waals surface area contributed by atoms with E-state index in [0.29, 0.717) is 5.56 Å². The van der Waals surface area contributed by atoms with E-state index in [1.165, 1.54) is 18.2 Å². The van der Waals surface area contributed by atoms with Crippen molar-refractivity contribution in [3.05, 3.63) is 38.6 Å². The Balaban J connectivity index is 3.11. The van der Waals surface area contributed by atoms with E-state index in [1.54, 1.807) is 0 Å². The standard InChI is InChI=1S/C10H7Cl4NO2/c11-7(12)1-5(4-10(16)17)6-2-8(13)15-9(14)3-6/h1-3,5H,4H2,(H,16,17). The summed E-state index contributed by atoms with van der Waals surface area (Å²) in [6.07, 6.45) is 1.25. The number of nitrogens with zero attached hydrogens (tertiary/aromatic N) is 1. The van der Waals surface area contributed by atoms with Gasteiger partial charge in [-0.2, -0.15) is 0 Å². The molecule has 0 aliphatic heterocycles. The Labute approximate surface area is 118 Å². The van der Waals surface area contributed by atoms with Gasteiger partial charge in [0.25, 0.3) is 0 Å². The SMILES string of the molecule is O=C(O)CC(C=C(Cl)Cl)c1cc(Cl)nc(Cl)c1. The van der Waals surface area contributed by atoms with Crippen LogP contribution in [0.3, 0.4) is 0 Å². The minimum absolute atomic E-state index is 0.0136. The molecule has 1 unspecified atom stereocenters. The first-order valence-electron chi connectivity index (χ1n) is 4.46. The summed E-state index contributed by atoms with van der Waals surface area (Å²) in [5.74, 6) is -1.49. The second-order valence-electron chi connectivity index (χ2n) is 3.21. The normalized spacial score (nSPS) is 12.0. The molecule has 1 aromatic rings. The highest BCUT2D eigenvalue weighted by Gasteiger charge is 2.15. The number of carboxylic acid groups (broad SMARTS) is 1. The maximum absolute atomic E-state index is 10.7. The van der Waals surface area contributed by atoms with E-state index >= 15 is 0 Å². The van der Waals surface area contributed by atoms with E-state index in [1.807, 2.05) is 0 Å². The van der Waals surface area contributed by atoms with E-state index in [4.69, 9.17) is 51.5 Å². The zero-order valence-corrected chi connectivity index (χ0v) is 11.4. The number of pyridine rings is 1. The molecule has 1 N–H and O–H groups in total. The van der Waals surface area contributed by atoms with Gasteiger partial charge in [-0.1, -0.05) is 46.4 Å². The van der Waals surface area contributed by atoms with Crippen LogP contribution < -0.4 is 0 Å². The van der Waals surface area contributed by atoms with E-state index in [0.717, 1.165) is 0 Å². The molecule has 1 atom stereocenters. The first-order chi connectivity index (χ1) is 7.88. The van der Waals surface area contributed by atoms with Crippen LogP contribution in [-0.4, -0.2) is 16.1 Å². The van der Waals surface area contributed by atoms with Crippen LogP contribution in [0.4, 0.5) is 0 Å². The van der Waals surface area contributed by atoms with Crippen LogP contribution in [0.25, 0.3) is 0 Å². The number of aromatic nitrogens is 1. The first kappa shape index (κ1) is 14.6. The highest BCUT2D eigenvalue weighted by Crippen LogP contribution is 2.28. The third-order valence-corrected chi connectivity index (χ3v) is 2.57. The largest absolute Gasteiger partial charge is 0.481 e. The summed E-state index contributed by atoms with van der Waals surface area (Å²) < 4.78 is -0.0136. The summed E-state index contributed by atoms with van der Waals surface area (Å²) in [7, 11) is 0. The quantitative estimate of drug-likeness (QED) is 0.844. The molecule has 1 aromatic heterocycles. The topological polar surface area (TPSA) is 50.2 Å². The molecule has 17 heavy (non-hydrogen) atoms. The van der Waals surface area contributed by atoms with Gasteiger partial charge in [0, 0.05) is 5.92 Å². The Bertz CT molecular complexity index is 437. The molecule has 92 valence electrons. The predicted molar refractivity (Wildman–Crippen MR) is 69.0 cm³/mol. The fourth-order valence-corrected chi connectivity index (χ4v) is 2.09. The number of hydrogen-bond acceptors (Lipinski definition) is 2. The van der Waals surface area contributed by atoms with Gasteiger partial charge in [-0.05, 0) is 23.8 Å². The Hall–Kier alpha value is -0.480. The van der Waals surface area contributed by atoms with Crippen molar-refractivity contribution in [1.29, 1.82) is 0 Å². The third kappa shape index (κ3) is 5.13. The molecule has 0 fully saturated rings. The van der Waals surface area contributed by atoms with Crippen LogP contribution in [0.5, 0.6) is 0 Å². The first-order valence-corrected chi connectivity index (χ1v) is 5.97. The molecule has 0 aliphatic carbocycles. The van der Waals surface area contributed by atoms with Crippen LogP contribution in [0, 0.1) is 0 Å². The van der Waals surface area contributed by atoms with Gasteiger partial charge in [-0.15, -0.1) is 0 Å². The zero-order chi connectivity index (χ0) is 13.0. The number of carboxylic acids is 1. The lowest BCUT2D eigenvalue weighted by Crippen LogP contribution is -2.04. The smallest absolute Gasteiger partial charge is 0.304 e. The lowest BCUT2D eigenvalue weighted by atomic mass is 9.97. The molecule has 0 spiro atoms. The maximum Gasteiger partial charge on any atom is 0.304 e. The van der Waals surface area contributed by atoms with Crippen LogP contribution >= 0.6 is 46.4 Å². The number of hydrogen-bond donors (Lipinski definition) is 1. The summed E-state index contributed by atoms with van der Waals surface area (Å²) >= 11 is 22.6. The van der Waals surface area contributed by atoms with E-state index in [9.17, 15) is 4.79 Å². The summed E-state index contributed by atoms with van der Waals surface area (Å²) in [5, 5.41) is 9.16. The molecule has 3 nitrogen and oxygen atoms in total. The predicted octanol–water partition coefficient (Wildman–Crippen LogP) is 4.27. The number of halogens is 4. The zero-order valence-electron chi connectivity index (χ0n) is 8.33. The van der Waals surface area contributed by atoms with E-state index in [2.05, 4.69) is 4.98 Å². The highest BCUT2D eigenvalue weighted by molar-refractivity contribution is 6.55. The van der Waals surface area contributed by atoms with Crippen molar-refractivity contribution >= 4 is 52.4 Å². The molecular formula is C10H7Cl4NO2. The molecule has 0 aromatic carbocycles. The summed E-state index contributed by atoms with van der Waals surface area (Å²) in [6, 6.07) is 3.04. The lowest BCUT2D eigenvalue weighted by Gasteiger charge is -2.11. The van der Waals surface area contributed by atoms with Gasteiger partial charge in [0.1, 0.15) is 14.8 Å². The third-order valence-electron chi connectivity index (χ3n) is 1.94. The minimum atomic E-state index is -0.982. The second kappa shape index (κ2) is 6.45. The number of rotatable bonds is 4. The van der Waals surface area contributed by atoms with Crippen molar-refractivity contribution in [1.82, 2.24) is 4.98 Å². The molecule has 1 rings (SSSR count). The van der Waals surface area contributed by atoms with Crippen molar-refractivity contribution in [2.75, 3.05) is 0 Å². The van der Waals surface area contributed by atoms with Gasteiger partial charge >= 0.3 is 5.97 Å². The molecular weight excluding hydrogens is 308 g/mol. The van der Waals surface area contributed by atoms with Crippen molar-refractivity contribution in [3.8, 4) is 0 Å². The van der Waals surface area contributed by atoms with Gasteiger partial charge in [-0.3, -0.25) is 4.79 Å². The Morgan fingerprint density at radius 2 is 1.88 bits per heavy atom. The van der Waals surface area contributed by atoms with Crippen molar-refractivity contribution in [2.45, 2.75) is 12.3 Å².